The first-order valence-electron chi connectivity index (χ1n) is 11.1. The Balaban J connectivity index is 1.71. The van der Waals surface area contributed by atoms with Gasteiger partial charge in [-0.05, 0) is 48.9 Å². The van der Waals surface area contributed by atoms with Crippen LogP contribution in [-0.4, -0.2) is 27.2 Å². The Morgan fingerprint density at radius 3 is 2.61 bits per heavy atom. The Kier molecular flexibility index (Phi) is 7.38. The van der Waals surface area contributed by atoms with E-state index in [1.807, 2.05) is 0 Å². The third-order valence-electron chi connectivity index (χ3n) is 5.86. The first kappa shape index (κ1) is 26.3. The van der Waals surface area contributed by atoms with Gasteiger partial charge in [0.2, 0.25) is 0 Å². The van der Waals surface area contributed by atoms with Crippen molar-refractivity contribution in [3.63, 3.8) is 0 Å². The number of aromatic carboxylic acids is 1. The molecule has 1 heterocycles. The van der Waals surface area contributed by atoms with Crippen LogP contribution in [0, 0.1) is 29.6 Å². The molecule has 0 bridgehead atoms. The van der Waals surface area contributed by atoms with E-state index in [2.05, 4.69) is 4.98 Å². The Morgan fingerprint density at radius 2 is 1.95 bits per heavy atom. The summed E-state index contributed by atoms with van der Waals surface area (Å²) < 4.78 is 34.5. The molecule has 4 aromatic rings. The van der Waals surface area contributed by atoms with Crippen LogP contribution in [0.1, 0.15) is 39.3 Å². The van der Waals surface area contributed by atoms with E-state index < -0.39 is 34.6 Å². The Labute approximate surface area is 219 Å². The van der Waals surface area contributed by atoms with Crippen LogP contribution < -0.4 is 10.3 Å². The van der Waals surface area contributed by atoms with Gasteiger partial charge in [-0.25, -0.2) is 18.6 Å². The number of hydrogen-bond donors (Lipinski definition) is 1. The average molecular weight is 535 g/mol. The van der Waals surface area contributed by atoms with Gasteiger partial charge in [0.05, 0.1) is 45.8 Å². The number of ether oxygens (including phenoxy) is 1. The fourth-order valence-corrected chi connectivity index (χ4v) is 4.30. The van der Waals surface area contributed by atoms with Crippen molar-refractivity contribution < 1.29 is 23.4 Å². The number of carboxylic acids is 1. The van der Waals surface area contributed by atoms with Crippen molar-refractivity contribution in [2.45, 2.75) is 19.9 Å². The van der Waals surface area contributed by atoms with E-state index in [9.17, 15) is 34.0 Å². The lowest BCUT2D eigenvalue weighted by molar-refractivity contribution is 0.0697. The van der Waals surface area contributed by atoms with Crippen molar-refractivity contribution >= 4 is 28.5 Å². The summed E-state index contributed by atoms with van der Waals surface area (Å²) in [7, 11) is 0. The zero-order chi connectivity index (χ0) is 27.6. The fourth-order valence-electron chi connectivity index (χ4n) is 4.12. The van der Waals surface area contributed by atoms with E-state index in [-0.39, 0.29) is 35.4 Å². The van der Waals surface area contributed by atoms with E-state index in [0.29, 0.717) is 21.9 Å². The summed E-state index contributed by atoms with van der Waals surface area (Å²) in [6.45, 7) is 1.44. The third-order valence-corrected chi connectivity index (χ3v) is 6.10. The molecular formula is C27H17ClF2N4O4. The van der Waals surface area contributed by atoms with E-state index in [1.165, 1.54) is 23.6 Å². The Hall–Kier alpha value is -4.80. The summed E-state index contributed by atoms with van der Waals surface area (Å²) in [6.07, 6.45) is -3.14. The molecule has 38 heavy (non-hydrogen) atoms. The summed E-state index contributed by atoms with van der Waals surface area (Å²) in [6, 6.07) is 15.4. The number of alkyl halides is 2. The highest BCUT2D eigenvalue weighted by Gasteiger charge is 2.24. The normalized spacial score (nSPS) is 10.8. The Bertz CT molecular complexity index is 1740. The molecule has 0 radical (unpaired) electrons. The zero-order valence-electron chi connectivity index (χ0n) is 19.7. The van der Waals surface area contributed by atoms with Crippen LogP contribution in [0.3, 0.4) is 0 Å². The molecule has 0 amide bonds. The first-order chi connectivity index (χ1) is 18.2. The molecule has 0 saturated carbocycles. The van der Waals surface area contributed by atoms with Gasteiger partial charge in [0.1, 0.15) is 24.3 Å². The quantitative estimate of drug-likeness (QED) is 0.332. The Morgan fingerprint density at radius 1 is 1.18 bits per heavy atom. The number of aromatic nitrogens is 2. The molecule has 0 unspecified atom stereocenters. The lowest BCUT2D eigenvalue weighted by Crippen LogP contribution is -2.27. The van der Waals surface area contributed by atoms with Gasteiger partial charge in [0.25, 0.3) is 12.0 Å². The maximum absolute atomic E-state index is 13.7. The number of fused-ring (bicyclic) bond motifs is 1. The number of rotatable bonds is 7. The van der Waals surface area contributed by atoms with Crippen LogP contribution in [-0.2, 0) is 6.54 Å². The second kappa shape index (κ2) is 10.7. The van der Waals surface area contributed by atoms with Crippen molar-refractivity contribution in [2.24, 2.45) is 0 Å². The van der Waals surface area contributed by atoms with Gasteiger partial charge in [-0.2, -0.15) is 10.5 Å². The maximum atomic E-state index is 13.7. The molecule has 0 saturated heterocycles. The molecule has 8 nitrogen and oxygen atoms in total. The number of nitrogens with zero attached hydrogens (tertiary/aromatic N) is 4. The van der Waals surface area contributed by atoms with Gasteiger partial charge in [0, 0.05) is 10.6 Å². The van der Waals surface area contributed by atoms with Gasteiger partial charge in [-0.3, -0.25) is 9.36 Å². The van der Waals surface area contributed by atoms with Gasteiger partial charge in [-0.15, -0.1) is 0 Å². The van der Waals surface area contributed by atoms with E-state index in [0.717, 1.165) is 6.07 Å². The summed E-state index contributed by atoms with van der Waals surface area (Å²) in [4.78, 5) is 29.0. The molecule has 1 N–H and O–H groups in total. The molecule has 190 valence electrons. The minimum absolute atomic E-state index is 0.0273. The summed E-state index contributed by atoms with van der Waals surface area (Å²) in [5, 5.41) is 28.3. The van der Waals surface area contributed by atoms with Crippen LogP contribution in [0.4, 0.5) is 8.78 Å². The second-order valence-corrected chi connectivity index (χ2v) is 8.56. The first-order valence-corrected chi connectivity index (χ1v) is 11.5. The van der Waals surface area contributed by atoms with Gasteiger partial charge in [0.15, 0.2) is 0 Å². The summed E-state index contributed by atoms with van der Waals surface area (Å²) >= 11 is 6.16. The summed E-state index contributed by atoms with van der Waals surface area (Å²) in [5.74, 6) is -0.495. The number of hydrogen-bond acceptors (Lipinski definition) is 6. The predicted octanol–water partition coefficient (Wildman–Crippen LogP) is 5.48. The molecule has 0 atom stereocenters. The molecule has 0 aliphatic carbocycles. The summed E-state index contributed by atoms with van der Waals surface area (Å²) in [5.41, 5.74) is -1.40. The van der Waals surface area contributed by atoms with Crippen LogP contribution in [0.15, 0.2) is 53.3 Å². The van der Waals surface area contributed by atoms with Crippen LogP contribution in [0.25, 0.3) is 22.0 Å². The van der Waals surface area contributed by atoms with E-state index in [1.54, 1.807) is 42.5 Å². The van der Waals surface area contributed by atoms with Crippen LogP contribution >= 0.6 is 11.6 Å². The smallest absolute Gasteiger partial charge is 0.335 e. The fraction of sp³-hybridized carbons (Fsp3) is 0.148. The van der Waals surface area contributed by atoms with Crippen molar-refractivity contribution in [3.8, 4) is 29.0 Å². The monoisotopic (exact) mass is 534 g/mol. The molecule has 1 aromatic heterocycles. The topological polar surface area (TPSA) is 129 Å². The number of benzene rings is 3. The lowest BCUT2D eigenvalue weighted by atomic mass is 9.98. The largest absolute Gasteiger partial charge is 0.491 e. The van der Waals surface area contributed by atoms with Crippen molar-refractivity contribution in [1.29, 1.82) is 10.5 Å². The van der Waals surface area contributed by atoms with Gasteiger partial charge < -0.3 is 9.84 Å². The molecule has 0 fully saturated rings. The molecule has 3 aromatic carbocycles. The average Bonchev–Trinajstić information content (AvgIpc) is 2.89. The molecule has 0 aliphatic rings. The molecule has 0 spiro atoms. The molecule has 11 heteroatoms. The van der Waals surface area contributed by atoms with E-state index >= 15 is 0 Å². The minimum Gasteiger partial charge on any atom is -0.491 e. The molecular weight excluding hydrogens is 518 g/mol. The minimum atomic E-state index is -3.14. The number of carbonyl (C=O) groups is 1. The van der Waals surface area contributed by atoms with Crippen LogP contribution in [0.2, 0.25) is 5.02 Å². The standard InChI is InChI=1S/C27H17ClF2N4O4/c1-14-33-21-10-17(12-31)23(25(29)30)20(13-32)24(21)26(35)34(14)7-8-38-22-6-5-18(28)11-19(22)15-3-2-4-16(9-15)27(36)37/h2-6,9-11,25H,7-8H2,1H3,(H,36,37). The maximum Gasteiger partial charge on any atom is 0.335 e. The highest BCUT2D eigenvalue weighted by Crippen LogP contribution is 2.34. The van der Waals surface area contributed by atoms with Gasteiger partial charge >= 0.3 is 5.97 Å². The van der Waals surface area contributed by atoms with Crippen molar-refractivity contribution in [2.75, 3.05) is 6.61 Å². The third kappa shape index (κ3) is 4.90. The second-order valence-electron chi connectivity index (χ2n) is 8.12. The number of halogens is 3. The van der Waals surface area contributed by atoms with Crippen molar-refractivity contribution in [1.82, 2.24) is 9.55 Å². The highest BCUT2D eigenvalue weighted by molar-refractivity contribution is 6.31. The SMILES string of the molecule is Cc1nc2cc(C#N)c(C(F)F)c(C#N)c2c(=O)n1CCOc1ccc(Cl)cc1-c1cccc(C(=O)O)c1. The molecule has 4 rings (SSSR count). The van der Waals surface area contributed by atoms with E-state index in [4.69, 9.17) is 16.3 Å². The zero-order valence-corrected chi connectivity index (χ0v) is 20.5. The van der Waals surface area contributed by atoms with Crippen LogP contribution in [0.5, 0.6) is 5.75 Å². The lowest BCUT2D eigenvalue weighted by Gasteiger charge is -2.16. The highest BCUT2D eigenvalue weighted by atomic mass is 35.5. The number of carboxylic acid groups (broad SMARTS) is 1. The number of aryl methyl sites for hydroxylation is 1. The number of nitriles is 2. The predicted molar refractivity (Wildman–Crippen MR) is 134 cm³/mol. The van der Waals surface area contributed by atoms with Gasteiger partial charge in [-0.1, -0.05) is 23.7 Å². The molecule has 0 aliphatic heterocycles. The van der Waals surface area contributed by atoms with Crippen molar-refractivity contribution in [3.05, 3.63) is 92.0 Å².